The van der Waals surface area contributed by atoms with Crippen LogP contribution in [0.3, 0.4) is 0 Å². The van der Waals surface area contributed by atoms with Crippen LogP contribution in [0.2, 0.25) is 0 Å². The highest BCUT2D eigenvalue weighted by atomic mass is 15.2. The largest absolute Gasteiger partial charge is 0.325 e. The number of rotatable bonds is 3. The van der Waals surface area contributed by atoms with Crippen LogP contribution >= 0.6 is 0 Å². The van der Waals surface area contributed by atoms with E-state index in [1.165, 1.54) is 25.9 Å². The molecule has 0 aromatic heterocycles. The van der Waals surface area contributed by atoms with E-state index in [1.54, 1.807) is 0 Å². The maximum atomic E-state index is 6.17. The van der Waals surface area contributed by atoms with Crippen LogP contribution in [0.25, 0.3) is 0 Å². The zero-order chi connectivity index (χ0) is 10.6. The van der Waals surface area contributed by atoms with Gasteiger partial charge < -0.3 is 5.73 Å². The molecule has 0 radical (unpaired) electrons. The van der Waals surface area contributed by atoms with Gasteiger partial charge in [-0.15, -0.1) is 11.8 Å². The number of hydrogen-bond donors (Lipinski definition) is 1. The molecule has 1 saturated heterocycles. The van der Waals surface area contributed by atoms with E-state index in [4.69, 9.17) is 5.73 Å². The molecule has 1 aliphatic heterocycles. The van der Waals surface area contributed by atoms with E-state index >= 15 is 0 Å². The van der Waals surface area contributed by atoms with Gasteiger partial charge in [0, 0.05) is 18.0 Å². The van der Waals surface area contributed by atoms with Gasteiger partial charge in [-0.25, -0.2) is 0 Å². The van der Waals surface area contributed by atoms with Crippen molar-refractivity contribution in [1.82, 2.24) is 4.90 Å². The van der Waals surface area contributed by atoms with Gasteiger partial charge in [0.2, 0.25) is 0 Å². The highest BCUT2D eigenvalue weighted by Gasteiger charge is 2.33. The van der Waals surface area contributed by atoms with Gasteiger partial charge in [0.15, 0.2) is 0 Å². The predicted molar refractivity (Wildman–Crippen MR) is 60.9 cm³/mol. The SMILES string of the molecule is CC#CCC(N)C(C)(C)N1CCCC1. The molecule has 0 bridgehead atoms. The first-order valence-electron chi connectivity index (χ1n) is 5.49. The monoisotopic (exact) mass is 194 g/mol. The summed E-state index contributed by atoms with van der Waals surface area (Å²) in [6.45, 7) is 8.73. The molecule has 0 aromatic rings. The van der Waals surface area contributed by atoms with Gasteiger partial charge in [-0.2, -0.15) is 0 Å². The minimum Gasteiger partial charge on any atom is -0.325 e. The van der Waals surface area contributed by atoms with Crippen molar-refractivity contribution in [2.45, 2.75) is 51.6 Å². The number of hydrogen-bond acceptors (Lipinski definition) is 2. The van der Waals surface area contributed by atoms with Crippen molar-refractivity contribution in [1.29, 1.82) is 0 Å². The number of likely N-dealkylation sites (tertiary alicyclic amines) is 1. The highest BCUT2D eigenvalue weighted by molar-refractivity contribution is 5.03. The molecule has 2 N–H and O–H groups in total. The van der Waals surface area contributed by atoms with E-state index in [-0.39, 0.29) is 11.6 Å². The van der Waals surface area contributed by atoms with Gasteiger partial charge in [0.05, 0.1) is 0 Å². The molecule has 0 aromatic carbocycles. The Morgan fingerprint density at radius 2 is 1.93 bits per heavy atom. The molecule has 1 atom stereocenters. The summed E-state index contributed by atoms with van der Waals surface area (Å²) in [4.78, 5) is 2.50. The lowest BCUT2D eigenvalue weighted by Crippen LogP contribution is -2.54. The van der Waals surface area contributed by atoms with E-state index in [9.17, 15) is 0 Å². The molecule has 1 aliphatic rings. The lowest BCUT2D eigenvalue weighted by Gasteiger charge is -2.39. The maximum absolute atomic E-state index is 6.17. The average molecular weight is 194 g/mol. The molecule has 2 nitrogen and oxygen atoms in total. The van der Waals surface area contributed by atoms with Crippen molar-refractivity contribution in [3.63, 3.8) is 0 Å². The first-order valence-corrected chi connectivity index (χ1v) is 5.49. The summed E-state index contributed by atoms with van der Waals surface area (Å²) in [7, 11) is 0. The molecule has 0 saturated carbocycles. The topological polar surface area (TPSA) is 29.3 Å². The molecule has 0 amide bonds. The average Bonchev–Trinajstić information content (AvgIpc) is 2.67. The van der Waals surface area contributed by atoms with Gasteiger partial charge in [0.1, 0.15) is 0 Å². The van der Waals surface area contributed by atoms with E-state index in [1.807, 2.05) is 6.92 Å². The summed E-state index contributed by atoms with van der Waals surface area (Å²) in [5.41, 5.74) is 6.27. The van der Waals surface area contributed by atoms with Crippen LogP contribution in [0.4, 0.5) is 0 Å². The Morgan fingerprint density at radius 1 is 1.36 bits per heavy atom. The van der Waals surface area contributed by atoms with Gasteiger partial charge in [0.25, 0.3) is 0 Å². The van der Waals surface area contributed by atoms with Crippen LogP contribution in [0, 0.1) is 11.8 Å². The lowest BCUT2D eigenvalue weighted by atomic mass is 9.91. The Kier molecular flexibility index (Phi) is 3.97. The number of nitrogens with zero attached hydrogens (tertiary/aromatic N) is 1. The summed E-state index contributed by atoms with van der Waals surface area (Å²) < 4.78 is 0. The van der Waals surface area contributed by atoms with Gasteiger partial charge in [-0.05, 0) is 46.7 Å². The Labute approximate surface area is 87.8 Å². The second kappa shape index (κ2) is 4.82. The normalized spacial score (nSPS) is 20.3. The Balaban J connectivity index is 2.55. The molecule has 1 unspecified atom stereocenters. The van der Waals surface area contributed by atoms with Crippen molar-refractivity contribution < 1.29 is 0 Å². The minimum absolute atomic E-state index is 0.0976. The molecule has 0 aliphatic carbocycles. The van der Waals surface area contributed by atoms with Crippen LogP contribution in [0.15, 0.2) is 0 Å². The van der Waals surface area contributed by atoms with E-state index in [0.717, 1.165) is 6.42 Å². The maximum Gasteiger partial charge on any atom is 0.0331 e. The highest BCUT2D eigenvalue weighted by Crippen LogP contribution is 2.24. The van der Waals surface area contributed by atoms with Gasteiger partial charge in [-0.1, -0.05) is 0 Å². The third-order valence-corrected chi connectivity index (χ3v) is 3.33. The van der Waals surface area contributed by atoms with E-state index in [0.29, 0.717) is 0 Å². The zero-order valence-electron chi connectivity index (χ0n) is 9.64. The van der Waals surface area contributed by atoms with Crippen LogP contribution in [0.5, 0.6) is 0 Å². The molecular weight excluding hydrogens is 172 g/mol. The molecule has 1 heterocycles. The molecule has 14 heavy (non-hydrogen) atoms. The third kappa shape index (κ3) is 2.50. The summed E-state index contributed by atoms with van der Waals surface area (Å²) in [6.07, 6.45) is 3.44. The van der Waals surface area contributed by atoms with Crippen molar-refractivity contribution in [2.24, 2.45) is 5.73 Å². The van der Waals surface area contributed by atoms with Crippen LogP contribution in [0.1, 0.15) is 40.0 Å². The van der Waals surface area contributed by atoms with Gasteiger partial charge >= 0.3 is 0 Å². The first-order chi connectivity index (χ1) is 6.59. The van der Waals surface area contributed by atoms with Crippen LogP contribution in [-0.4, -0.2) is 29.6 Å². The standard InChI is InChI=1S/C12H22N2/c1-4-5-8-11(13)12(2,3)14-9-6-7-10-14/h11H,6-10,13H2,1-3H3. The molecule has 1 rings (SSSR count). The Bertz CT molecular complexity index is 228. The Hall–Kier alpha value is -0.520. The number of nitrogens with two attached hydrogens (primary N) is 1. The second-order valence-corrected chi connectivity index (χ2v) is 4.59. The quantitative estimate of drug-likeness (QED) is 0.691. The Morgan fingerprint density at radius 3 is 2.43 bits per heavy atom. The summed E-state index contributed by atoms with van der Waals surface area (Å²) >= 11 is 0. The van der Waals surface area contributed by atoms with Gasteiger partial charge in [-0.3, -0.25) is 4.90 Å². The fourth-order valence-corrected chi connectivity index (χ4v) is 1.99. The fraction of sp³-hybridized carbons (Fsp3) is 0.833. The first kappa shape index (κ1) is 11.6. The third-order valence-electron chi connectivity index (χ3n) is 3.33. The molecule has 80 valence electrons. The van der Waals surface area contributed by atoms with Crippen molar-refractivity contribution in [3.8, 4) is 11.8 Å². The molecular formula is C12H22N2. The summed E-state index contributed by atoms with van der Waals surface area (Å²) in [5.74, 6) is 5.99. The van der Waals surface area contributed by atoms with E-state index < -0.39 is 0 Å². The summed E-state index contributed by atoms with van der Waals surface area (Å²) in [5, 5.41) is 0. The predicted octanol–water partition coefficient (Wildman–Crippen LogP) is 1.60. The van der Waals surface area contributed by atoms with Crippen molar-refractivity contribution in [2.75, 3.05) is 13.1 Å². The fourth-order valence-electron chi connectivity index (χ4n) is 1.99. The molecule has 0 spiro atoms. The van der Waals surface area contributed by atoms with Crippen molar-refractivity contribution >= 4 is 0 Å². The van der Waals surface area contributed by atoms with E-state index in [2.05, 4.69) is 30.6 Å². The lowest BCUT2D eigenvalue weighted by molar-refractivity contribution is 0.125. The second-order valence-electron chi connectivity index (χ2n) is 4.59. The molecule has 1 fully saturated rings. The zero-order valence-corrected chi connectivity index (χ0v) is 9.64. The van der Waals surface area contributed by atoms with Crippen molar-refractivity contribution in [3.05, 3.63) is 0 Å². The van der Waals surface area contributed by atoms with Crippen LogP contribution in [-0.2, 0) is 0 Å². The summed E-state index contributed by atoms with van der Waals surface area (Å²) in [6, 6.07) is 0.160. The molecule has 2 heteroatoms. The smallest absolute Gasteiger partial charge is 0.0331 e. The van der Waals surface area contributed by atoms with Crippen LogP contribution < -0.4 is 5.73 Å². The minimum atomic E-state index is 0.0976.